The molecule has 1 amide bonds. The van der Waals surface area contributed by atoms with Crippen molar-refractivity contribution < 1.29 is 23.1 Å². The van der Waals surface area contributed by atoms with Gasteiger partial charge < -0.3 is 10.4 Å². The van der Waals surface area contributed by atoms with Crippen LogP contribution in [0.3, 0.4) is 0 Å². The molecule has 1 aromatic carbocycles. The number of hydrogen-bond acceptors (Lipinski definition) is 4. The fourth-order valence-corrected chi connectivity index (χ4v) is 3.12. The Labute approximate surface area is 124 Å². The van der Waals surface area contributed by atoms with Crippen molar-refractivity contribution in [3.05, 3.63) is 35.9 Å². The number of aliphatic carboxylic acids is 1. The Bertz CT molecular complexity index is 583. The van der Waals surface area contributed by atoms with Crippen LogP contribution in [0.5, 0.6) is 0 Å². The van der Waals surface area contributed by atoms with Crippen LogP contribution in [0.25, 0.3) is 0 Å². The lowest BCUT2D eigenvalue weighted by molar-refractivity contribution is -0.141. The standard InChI is InChI=1S/C14H19NO5S/c1-2-8-21(19,20)10-13(16)15-12(14(17)18)9-11-6-4-3-5-7-11/h3-7,12H,2,8-10H2,1H3,(H,15,16)(H,17,18)/t12-/m1/s1. The normalized spacial score (nSPS) is 12.6. The Morgan fingerprint density at radius 3 is 2.38 bits per heavy atom. The molecule has 0 aliphatic rings. The minimum Gasteiger partial charge on any atom is -0.480 e. The monoisotopic (exact) mass is 313 g/mol. The largest absolute Gasteiger partial charge is 0.480 e. The topological polar surface area (TPSA) is 101 Å². The van der Waals surface area contributed by atoms with E-state index >= 15 is 0 Å². The van der Waals surface area contributed by atoms with Gasteiger partial charge in [-0.2, -0.15) is 0 Å². The summed E-state index contributed by atoms with van der Waals surface area (Å²) in [5.74, 6) is -2.75. The van der Waals surface area contributed by atoms with Crippen molar-refractivity contribution in [3.63, 3.8) is 0 Å². The smallest absolute Gasteiger partial charge is 0.326 e. The van der Waals surface area contributed by atoms with Crippen molar-refractivity contribution in [2.24, 2.45) is 0 Å². The Kier molecular flexibility index (Phi) is 6.36. The summed E-state index contributed by atoms with van der Waals surface area (Å²) in [6.45, 7) is 1.70. The van der Waals surface area contributed by atoms with Crippen molar-refractivity contribution in [3.8, 4) is 0 Å². The van der Waals surface area contributed by atoms with Gasteiger partial charge in [0.15, 0.2) is 9.84 Å². The number of carboxylic acids is 1. The van der Waals surface area contributed by atoms with Crippen LogP contribution in [0.2, 0.25) is 0 Å². The van der Waals surface area contributed by atoms with E-state index in [1.807, 2.05) is 0 Å². The second-order valence-electron chi connectivity index (χ2n) is 4.74. The van der Waals surface area contributed by atoms with E-state index in [1.54, 1.807) is 37.3 Å². The molecule has 0 saturated carbocycles. The lowest BCUT2D eigenvalue weighted by Gasteiger charge is -2.14. The van der Waals surface area contributed by atoms with Crippen LogP contribution < -0.4 is 5.32 Å². The zero-order valence-electron chi connectivity index (χ0n) is 11.8. The number of rotatable bonds is 8. The average Bonchev–Trinajstić information content (AvgIpc) is 2.38. The van der Waals surface area contributed by atoms with E-state index in [9.17, 15) is 18.0 Å². The SMILES string of the molecule is CCCS(=O)(=O)CC(=O)N[C@H](Cc1ccccc1)C(=O)O. The fourth-order valence-electron chi connectivity index (χ4n) is 1.87. The van der Waals surface area contributed by atoms with Crippen LogP contribution in [-0.4, -0.2) is 42.9 Å². The summed E-state index contributed by atoms with van der Waals surface area (Å²) in [5.41, 5.74) is 0.751. The second kappa shape index (κ2) is 7.78. The summed E-state index contributed by atoms with van der Waals surface area (Å²) < 4.78 is 23.1. The molecule has 116 valence electrons. The molecule has 1 atom stereocenters. The summed E-state index contributed by atoms with van der Waals surface area (Å²) in [7, 11) is -3.48. The maximum absolute atomic E-state index is 11.7. The molecule has 0 heterocycles. The highest BCUT2D eigenvalue weighted by atomic mass is 32.2. The predicted molar refractivity (Wildman–Crippen MR) is 78.7 cm³/mol. The third-order valence-corrected chi connectivity index (χ3v) is 4.51. The van der Waals surface area contributed by atoms with Crippen molar-refractivity contribution >= 4 is 21.7 Å². The van der Waals surface area contributed by atoms with Crippen LogP contribution >= 0.6 is 0 Å². The first kappa shape index (κ1) is 17.2. The molecule has 1 aromatic rings. The number of benzene rings is 1. The van der Waals surface area contributed by atoms with E-state index in [0.717, 1.165) is 5.56 Å². The molecular formula is C14H19NO5S. The van der Waals surface area contributed by atoms with Crippen LogP contribution in [0.15, 0.2) is 30.3 Å². The van der Waals surface area contributed by atoms with E-state index in [2.05, 4.69) is 5.32 Å². The highest BCUT2D eigenvalue weighted by Gasteiger charge is 2.23. The molecule has 0 spiro atoms. The molecular weight excluding hydrogens is 294 g/mol. The van der Waals surface area contributed by atoms with Gasteiger partial charge in [-0.15, -0.1) is 0 Å². The summed E-state index contributed by atoms with van der Waals surface area (Å²) in [6, 6.07) is 7.68. The van der Waals surface area contributed by atoms with Crippen LogP contribution in [0.1, 0.15) is 18.9 Å². The van der Waals surface area contributed by atoms with E-state index in [4.69, 9.17) is 5.11 Å². The van der Waals surface area contributed by atoms with Crippen LogP contribution in [-0.2, 0) is 25.8 Å². The minimum absolute atomic E-state index is 0.0865. The molecule has 1 rings (SSSR count). The van der Waals surface area contributed by atoms with E-state index < -0.39 is 33.5 Å². The number of nitrogens with one attached hydrogen (secondary N) is 1. The number of carboxylic acid groups (broad SMARTS) is 1. The average molecular weight is 313 g/mol. The molecule has 6 nitrogen and oxygen atoms in total. The summed E-state index contributed by atoms with van der Waals surface area (Å²) in [5, 5.41) is 11.4. The van der Waals surface area contributed by atoms with E-state index in [1.165, 1.54) is 0 Å². The van der Waals surface area contributed by atoms with Crippen molar-refractivity contribution in [2.75, 3.05) is 11.5 Å². The van der Waals surface area contributed by atoms with Crippen molar-refractivity contribution in [1.82, 2.24) is 5.32 Å². The molecule has 0 aromatic heterocycles. The molecule has 0 saturated heterocycles. The first-order chi connectivity index (χ1) is 9.84. The highest BCUT2D eigenvalue weighted by Crippen LogP contribution is 2.04. The fraction of sp³-hybridized carbons (Fsp3) is 0.429. The van der Waals surface area contributed by atoms with Gasteiger partial charge in [0.1, 0.15) is 11.8 Å². The van der Waals surface area contributed by atoms with Crippen molar-refractivity contribution in [1.29, 1.82) is 0 Å². The number of amides is 1. The number of sulfone groups is 1. The Balaban J connectivity index is 2.67. The number of carbonyl (C=O) groups excluding carboxylic acids is 1. The molecule has 0 aliphatic carbocycles. The molecule has 0 fully saturated rings. The molecule has 0 bridgehead atoms. The zero-order valence-corrected chi connectivity index (χ0v) is 12.6. The summed E-state index contributed by atoms with van der Waals surface area (Å²) in [6.07, 6.45) is 0.526. The third-order valence-electron chi connectivity index (χ3n) is 2.78. The van der Waals surface area contributed by atoms with Crippen LogP contribution in [0, 0.1) is 0 Å². The molecule has 0 aliphatic heterocycles. The second-order valence-corrected chi connectivity index (χ2v) is 6.92. The van der Waals surface area contributed by atoms with E-state index in [-0.39, 0.29) is 12.2 Å². The van der Waals surface area contributed by atoms with E-state index in [0.29, 0.717) is 6.42 Å². The van der Waals surface area contributed by atoms with Gasteiger partial charge in [0, 0.05) is 6.42 Å². The Morgan fingerprint density at radius 2 is 1.86 bits per heavy atom. The Hall–Kier alpha value is -1.89. The highest BCUT2D eigenvalue weighted by molar-refractivity contribution is 7.92. The van der Waals surface area contributed by atoms with Gasteiger partial charge in [-0.05, 0) is 12.0 Å². The summed E-state index contributed by atoms with van der Waals surface area (Å²) in [4.78, 5) is 22.9. The van der Waals surface area contributed by atoms with Gasteiger partial charge in [-0.3, -0.25) is 4.79 Å². The number of hydrogen-bond donors (Lipinski definition) is 2. The molecule has 21 heavy (non-hydrogen) atoms. The first-order valence-electron chi connectivity index (χ1n) is 6.60. The zero-order chi connectivity index (χ0) is 15.9. The molecule has 7 heteroatoms. The quantitative estimate of drug-likeness (QED) is 0.733. The van der Waals surface area contributed by atoms with Gasteiger partial charge in [-0.1, -0.05) is 37.3 Å². The van der Waals surface area contributed by atoms with Gasteiger partial charge in [0.25, 0.3) is 0 Å². The third kappa shape index (κ3) is 6.40. The molecule has 2 N–H and O–H groups in total. The Morgan fingerprint density at radius 1 is 1.24 bits per heavy atom. The number of carbonyl (C=O) groups is 2. The summed E-state index contributed by atoms with van der Waals surface area (Å²) >= 11 is 0. The van der Waals surface area contributed by atoms with Gasteiger partial charge in [-0.25, -0.2) is 13.2 Å². The maximum Gasteiger partial charge on any atom is 0.326 e. The molecule has 0 unspecified atom stereocenters. The minimum atomic E-state index is -3.48. The lowest BCUT2D eigenvalue weighted by Crippen LogP contribution is -2.44. The van der Waals surface area contributed by atoms with Crippen molar-refractivity contribution in [2.45, 2.75) is 25.8 Å². The maximum atomic E-state index is 11.7. The first-order valence-corrected chi connectivity index (χ1v) is 8.42. The molecule has 0 radical (unpaired) electrons. The van der Waals surface area contributed by atoms with Crippen LogP contribution in [0.4, 0.5) is 0 Å². The van der Waals surface area contributed by atoms with Gasteiger partial charge >= 0.3 is 5.97 Å². The van der Waals surface area contributed by atoms with Gasteiger partial charge in [0.2, 0.25) is 5.91 Å². The predicted octanol–water partition coefficient (Wildman–Crippen LogP) is 0.623. The lowest BCUT2D eigenvalue weighted by atomic mass is 10.1. The van der Waals surface area contributed by atoms with Gasteiger partial charge in [0.05, 0.1) is 5.75 Å².